The van der Waals surface area contributed by atoms with Crippen LogP contribution in [0.3, 0.4) is 0 Å². The van der Waals surface area contributed by atoms with Crippen molar-refractivity contribution in [1.82, 2.24) is 20.0 Å². The second kappa shape index (κ2) is 9.40. The van der Waals surface area contributed by atoms with Crippen LogP contribution < -0.4 is 10.1 Å². The van der Waals surface area contributed by atoms with Crippen molar-refractivity contribution < 1.29 is 14.3 Å². The fourth-order valence-electron chi connectivity index (χ4n) is 4.76. The van der Waals surface area contributed by atoms with Gasteiger partial charge in [0.1, 0.15) is 11.4 Å². The van der Waals surface area contributed by atoms with Crippen molar-refractivity contribution in [3.8, 4) is 5.75 Å². The first-order chi connectivity index (χ1) is 15.0. The molecule has 2 aliphatic rings. The van der Waals surface area contributed by atoms with E-state index in [1.165, 1.54) is 5.56 Å². The van der Waals surface area contributed by atoms with Crippen LogP contribution in [-0.2, 0) is 18.3 Å². The highest BCUT2D eigenvalue weighted by Gasteiger charge is 2.42. The van der Waals surface area contributed by atoms with Crippen LogP contribution in [0.4, 0.5) is 0 Å². The van der Waals surface area contributed by atoms with Crippen LogP contribution >= 0.6 is 0 Å². The molecule has 3 heterocycles. The lowest BCUT2D eigenvalue weighted by atomic mass is 9.88. The Bertz CT molecular complexity index is 885. The maximum atomic E-state index is 12.4. The number of carbonyl (C=O) groups excluding carboxylic acids is 1. The van der Waals surface area contributed by atoms with Crippen molar-refractivity contribution in [3.05, 3.63) is 47.3 Å². The van der Waals surface area contributed by atoms with Gasteiger partial charge in [-0.25, -0.2) is 0 Å². The Morgan fingerprint density at radius 3 is 2.65 bits per heavy atom. The number of aromatic nitrogens is 2. The summed E-state index contributed by atoms with van der Waals surface area (Å²) in [6.07, 6.45) is 4.28. The second-order valence-electron chi connectivity index (χ2n) is 8.82. The Hall–Kier alpha value is -2.38. The predicted molar refractivity (Wildman–Crippen MR) is 119 cm³/mol. The summed E-state index contributed by atoms with van der Waals surface area (Å²) in [5.41, 5.74) is 2.74. The summed E-state index contributed by atoms with van der Waals surface area (Å²) in [6, 6.07) is 10.2. The SMILES string of the molecule is CCOc1ccc(CN2CCC3(CC[C@H](CNC(=O)c4cc(C)nn4C)O3)CC2)cc1. The molecule has 2 saturated heterocycles. The van der Waals surface area contributed by atoms with Crippen LogP contribution in [0.2, 0.25) is 0 Å². The largest absolute Gasteiger partial charge is 0.494 e. The first-order valence-electron chi connectivity index (χ1n) is 11.4. The van der Waals surface area contributed by atoms with E-state index in [1.54, 1.807) is 11.7 Å². The summed E-state index contributed by atoms with van der Waals surface area (Å²) < 4.78 is 13.6. The topological polar surface area (TPSA) is 68.6 Å². The molecule has 7 nitrogen and oxygen atoms in total. The normalized spacial score (nSPS) is 20.8. The molecule has 0 bridgehead atoms. The van der Waals surface area contributed by atoms with Gasteiger partial charge in [-0.2, -0.15) is 5.10 Å². The van der Waals surface area contributed by atoms with Crippen LogP contribution in [-0.4, -0.2) is 58.5 Å². The zero-order valence-electron chi connectivity index (χ0n) is 18.9. The molecule has 1 N–H and O–H groups in total. The lowest BCUT2D eigenvalue weighted by Gasteiger charge is -2.39. The lowest BCUT2D eigenvalue weighted by molar-refractivity contribution is -0.0764. The summed E-state index contributed by atoms with van der Waals surface area (Å²) in [7, 11) is 1.80. The highest BCUT2D eigenvalue weighted by Crippen LogP contribution is 2.39. The van der Waals surface area contributed by atoms with E-state index >= 15 is 0 Å². The number of carbonyl (C=O) groups is 1. The van der Waals surface area contributed by atoms with Gasteiger partial charge in [0.05, 0.1) is 24.0 Å². The first-order valence-corrected chi connectivity index (χ1v) is 11.4. The molecule has 1 spiro atoms. The Morgan fingerprint density at radius 1 is 1.26 bits per heavy atom. The standard InChI is InChI=1S/C24H34N4O3/c1-4-30-20-7-5-19(6-8-20)17-28-13-11-24(12-14-28)10-9-21(31-24)16-25-23(29)22-15-18(2)26-27(22)3/h5-8,15,21H,4,9-14,16-17H2,1-3H3,(H,25,29)/t21-/m1/s1. The number of nitrogens with zero attached hydrogens (tertiary/aromatic N) is 3. The smallest absolute Gasteiger partial charge is 0.269 e. The fourth-order valence-corrected chi connectivity index (χ4v) is 4.76. The molecule has 0 aliphatic carbocycles. The highest BCUT2D eigenvalue weighted by molar-refractivity contribution is 5.92. The van der Waals surface area contributed by atoms with Crippen LogP contribution in [0.5, 0.6) is 5.75 Å². The van der Waals surface area contributed by atoms with E-state index in [-0.39, 0.29) is 17.6 Å². The fraction of sp³-hybridized carbons (Fsp3) is 0.583. The third-order valence-corrected chi connectivity index (χ3v) is 6.47. The molecule has 168 valence electrons. The summed E-state index contributed by atoms with van der Waals surface area (Å²) in [4.78, 5) is 14.9. The molecule has 31 heavy (non-hydrogen) atoms. The minimum atomic E-state index is -0.0853. The minimum Gasteiger partial charge on any atom is -0.494 e. The molecule has 0 saturated carbocycles. The van der Waals surface area contributed by atoms with E-state index in [0.717, 1.165) is 56.8 Å². The summed E-state index contributed by atoms with van der Waals surface area (Å²) in [5, 5.41) is 7.27. The van der Waals surface area contributed by atoms with Crippen LogP contribution in [0.15, 0.2) is 30.3 Å². The average Bonchev–Trinajstić information content (AvgIpc) is 3.32. The molecule has 1 atom stereocenters. The van der Waals surface area contributed by atoms with E-state index in [0.29, 0.717) is 18.8 Å². The third kappa shape index (κ3) is 5.28. The lowest BCUT2D eigenvalue weighted by Crippen LogP contribution is -2.44. The van der Waals surface area contributed by atoms with E-state index in [9.17, 15) is 4.79 Å². The van der Waals surface area contributed by atoms with E-state index in [1.807, 2.05) is 19.9 Å². The van der Waals surface area contributed by atoms with Gasteiger partial charge in [-0.1, -0.05) is 12.1 Å². The van der Waals surface area contributed by atoms with Gasteiger partial charge < -0.3 is 14.8 Å². The Morgan fingerprint density at radius 2 is 2.00 bits per heavy atom. The predicted octanol–water partition coefficient (Wildman–Crippen LogP) is 3.07. The van der Waals surface area contributed by atoms with E-state index in [2.05, 4.69) is 39.6 Å². The summed E-state index contributed by atoms with van der Waals surface area (Å²) in [5.74, 6) is 0.845. The molecule has 4 rings (SSSR count). The summed E-state index contributed by atoms with van der Waals surface area (Å²) in [6.45, 7) is 8.20. The van der Waals surface area contributed by atoms with Crippen LogP contribution in [0.25, 0.3) is 0 Å². The van der Waals surface area contributed by atoms with Gasteiger partial charge in [0.15, 0.2) is 0 Å². The van der Waals surface area contributed by atoms with Crippen LogP contribution in [0, 0.1) is 6.92 Å². The Balaban J connectivity index is 1.22. The van der Waals surface area contributed by atoms with Gasteiger partial charge in [0, 0.05) is 33.2 Å². The molecule has 0 radical (unpaired) electrons. The van der Waals surface area contributed by atoms with Crippen LogP contribution in [0.1, 0.15) is 54.4 Å². The molecule has 0 unspecified atom stereocenters. The number of ether oxygens (including phenoxy) is 2. The first kappa shape index (κ1) is 21.8. The van der Waals surface area contributed by atoms with Gasteiger partial charge >= 0.3 is 0 Å². The molecule has 2 aliphatic heterocycles. The maximum absolute atomic E-state index is 12.4. The number of rotatable bonds is 7. The molecule has 7 heteroatoms. The van der Waals surface area contributed by atoms with Crippen molar-refractivity contribution in [2.24, 2.45) is 7.05 Å². The molecule has 2 aromatic rings. The van der Waals surface area contributed by atoms with Crippen molar-refractivity contribution >= 4 is 5.91 Å². The Kier molecular flexibility index (Phi) is 6.62. The molecular formula is C24H34N4O3. The number of aryl methyl sites for hydroxylation is 2. The van der Waals surface area contributed by atoms with Crippen molar-refractivity contribution in [3.63, 3.8) is 0 Å². The second-order valence-corrected chi connectivity index (χ2v) is 8.82. The van der Waals surface area contributed by atoms with Gasteiger partial charge in [-0.3, -0.25) is 14.4 Å². The van der Waals surface area contributed by atoms with Gasteiger partial charge in [-0.15, -0.1) is 0 Å². The van der Waals surface area contributed by atoms with Gasteiger partial charge in [0.2, 0.25) is 0 Å². The third-order valence-electron chi connectivity index (χ3n) is 6.47. The zero-order chi connectivity index (χ0) is 21.8. The van der Waals surface area contributed by atoms with Crippen molar-refractivity contribution in [2.75, 3.05) is 26.2 Å². The average molecular weight is 427 g/mol. The van der Waals surface area contributed by atoms with E-state index in [4.69, 9.17) is 9.47 Å². The Labute approximate surface area is 184 Å². The number of hydrogen-bond donors (Lipinski definition) is 1. The molecule has 1 amide bonds. The van der Waals surface area contributed by atoms with E-state index < -0.39 is 0 Å². The molecule has 2 fully saturated rings. The number of piperidine rings is 1. The maximum Gasteiger partial charge on any atom is 0.269 e. The summed E-state index contributed by atoms with van der Waals surface area (Å²) >= 11 is 0. The van der Waals surface area contributed by atoms with Gasteiger partial charge in [0.25, 0.3) is 5.91 Å². The van der Waals surface area contributed by atoms with Gasteiger partial charge in [-0.05, 0) is 63.3 Å². The quantitative estimate of drug-likeness (QED) is 0.737. The van der Waals surface area contributed by atoms with Crippen molar-refractivity contribution in [2.45, 2.75) is 57.8 Å². The number of benzene rings is 1. The monoisotopic (exact) mass is 426 g/mol. The number of hydrogen-bond acceptors (Lipinski definition) is 5. The molecule has 1 aromatic carbocycles. The zero-order valence-corrected chi connectivity index (χ0v) is 18.9. The highest BCUT2D eigenvalue weighted by atomic mass is 16.5. The number of nitrogens with one attached hydrogen (secondary N) is 1. The molecule has 1 aromatic heterocycles. The number of likely N-dealkylation sites (tertiary alicyclic amines) is 1. The van der Waals surface area contributed by atoms with Crippen molar-refractivity contribution in [1.29, 1.82) is 0 Å². The number of amides is 1. The molecular weight excluding hydrogens is 392 g/mol. The minimum absolute atomic E-state index is 0.0200.